The molecule has 0 N–H and O–H groups in total. The van der Waals surface area contributed by atoms with Gasteiger partial charge in [-0.1, -0.05) is 43.7 Å². The highest BCUT2D eigenvalue weighted by Gasteiger charge is 2.22. The smallest absolute Gasteiger partial charge is 0.236 e. The van der Waals surface area contributed by atoms with E-state index in [4.69, 9.17) is 4.74 Å². The molecular weight excluding hydrogens is 322 g/mol. The fourth-order valence-electron chi connectivity index (χ4n) is 2.77. The van der Waals surface area contributed by atoms with Crippen LogP contribution in [0.4, 0.5) is 0 Å². The fraction of sp³-hybridized carbons (Fsp3) is 0.368. The molecule has 1 aromatic heterocycles. The Kier molecular flexibility index (Phi) is 5.89. The Bertz CT molecular complexity index is 818. The minimum Gasteiger partial charge on any atom is -0.501 e. The molecule has 4 nitrogen and oxygen atoms in total. The average Bonchev–Trinajstić information content (AvgIpc) is 3.01. The van der Waals surface area contributed by atoms with E-state index in [0.29, 0.717) is 5.69 Å². The summed E-state index contributed by atoms with van der Waals surface area (Å²) in [4.78, 5) is 0. The van der Waals surface area contributed by atoms with Gasteiger partial charge in [-0.15, -0.1) is 0 Å². The van der Waals surface area contributed by atoms with Crippen molar-refractivity contribution < 1.29 is 13.2 Å². The van der Waals surface area contributed by atoms with Gasteiger partial charge in [-0.05, 0) is 31.4 Å². The molecular formula is C19H25NO3S. The molecule has 0 bridgehead atoms. The monoisotopic (exact) mass is 347 g/mol. The molecule has 1 aromatic carbocycles. The normalized spacial score (nSPS) is 12.8. The summed E-state index contributed by atoms with van der Waals surface area (Å²) in [6, 6.07) is 11.7. The fourth-order valence-corrected chi connectivity index (χ4v) is 3.60. The quantitative estimate of drug-likeness (QED) is 0.691. The van der Waals surface area contributed by atoms with E-state index in [2.05, 4.69) is 6.92 Å². The first-order valence-corrected chi connectivity index (χ1v) is 9.96. The van der Waals surface area contributed by atoms with Crippen molar-refractivity contribution in [3.05, 3.63) is 54.0 Å². The number of unbranched alkanes of at least 4 members (excludes halogenated alkanes) is 1. The molecule has 1 heterocycles. The van der Waals surface area contributed by atoms with Gasteiger partial charge in [-0.25, -0.2) is 12.4 Å². The summed E-state index contributed by atoms with van der Waals surface area (Å²) in [5, 5.41) is 0. The molecule has 0 spiro atoms. The minimum atomic E-state index is -3.41. The van der Waals surface area contributed by atoms with Crippen molar-refractivity contribution in [1.82, 2.24) is 3.97 Å². The van der Waals surface area contributed by atoms with Crippen LogP contribution >= 0.6 is 0 Å². The molecule has 0 aliphatic carbocycles. The van der Waals surface area contributed by atoms with Gasteiger partial charge in [0.25, 0.3) is 0 Å². The van der Waals surface area contributed by atoms with Crippen LogP contribution in [0, 0.1) is 0 Å². The van der Waals surface area contributed by atoms with Crippen LogP contribution in [0.1, 0.15) is 38.8 Å². The zero-order valence-corrected chi connectivity index (χ0v) is 15.6. The summed E-state index contributed by atoms with van der Waals surface area (Å²) in [7, 11) is -1.78. The maximum atomic E-state index is 12.3. The van der Waals surface area contributed by atoms with Crippen molar-refractivity contribution in [2.75, 3.05) is 13.4 Å². The molecule has 5 heteroatoms. The van der Waals surface area contributed by atoms with Crippen LogP contribution in [0.2, 0.25) is 0 Å². The molecule has 0 atom stereocenters. The number of benzene rings is 1. The van der Waals surface area contributed by atoms with Crippen LogP contribution in [0.5, 0.6) is 0 Å². The summed E-state index contributed by atoms with van der Waals surface area (Å²) in [5.74, 6) is 0.754. The van der Waals surface area contributed by atoms with Gasteiger partial charge in [0, 0.05) is 17.3 Å². The maximum absolute atomic E-state index is 12.3. The predicted molar refractivity (Wildman–Crippen MR) is 99.2 cm³/mol. The molecule has 0 saturated heterocycles. The van der Waals surface area contributed by atoms with Crippen molar-refractivity contribution >= 4 is 15.6 Å². The predicted octanol–water partition coefficient (Wildman–Crippen LogP) is 4.53. The van der Waals surface area contributed by atoms with Crippen molar-refractivity contribution in [2.45, 2.75) is 33.1 Å². The van der Waals surface area contributed by atoms with Crippen LogP contribution in [0.3, 0.4) is 0 Å². The lowest BCUT2D eigenvalue weighted by Gasteiger charge is -2.16. The molecule has 0 aliphatic rings. The van der Waals surface area contributed by atoms with Gasteiger partial charge in [0.2, 0.25) is 10.0 Å². The first-order chi connectivity index (χ1) is 11.4. The van der Waals surface area contributed by atoms with Gasteiger partial charge < -0.3 is 4.74 Å². The lowest BCUT2D eigenvalue weighted by Crippen LogP contribution is -2.13. The SMILES string of the molecule is CCCC/C(=C(/C)OC)c1c(-c2ccccc2)ccn1S(C)(=O)=O. The van der Waals surface area contributed by atoms with E-state index >= 15 is 0 Å². The zero-order chi connectivity index (χ0) is 17.7. The standard InChI is InChI=1S/C19H25NO3S/c1-5-6-12-17(15(2)23-3)19-18(16-10-8-7-9-11-16)13-14-20(19)24(4,21)22/h7-11,13-14H,5-6,12H2,1-4H3/b17-15+. The second-order valence-electron chi connectivity index (χ2n) is 5.85. The second-order valence-corrected chi connectivity index (χ2v) is 7.70. The molecule has 0 fully saturated rings. The Morgan fingerprint density at radius 3 is 2.38 bits per heavy atom. The van der Waals surface area contributed by atoms with Crippen molar-refractivity contribution in [3.63, 3.8) is 0 Å². The van der Waals surface area contributed by atoms with Gasteiger partial charge in [-0.3, -0.25) is 0 Å². The zero-order valence-electron chi connectivity index (χ0n) is 14.7. The van der Waals surface area contributed by atoms with E-state index in [1.807, 2.05) is 43.3 Å². The molecule has 0 saturated carbocycles. The molecule has 0 amide bonds. The summed E-state index contributed by atoms with van der Waals surface area (Å²) in [5.41, 5.74) is 3.54. The summed E-state index contributed by atoms with van der Waals surface area (Å²) in [6.07, 6.45) is 5.63. The first-order valence-electron chi connectivity index (χ1n) is 8.11. The average molecular weight is 347 g/mol. The highest BCUT2D eigenvalue weighted by Crippen LogP contribution is 2.35. The number of rotatable bonds is 7. The van der Waals surface area contributed by atoms with Crippen LogP contribution < -0.4 is 0 Å². The Hall–Kier alpha value is -2.01. The number of allylic oxidation sites excluding steroid dienone is 2. The van der Waals surface area contributed by atoms with Gasteiger partial charge >= 0.3 is 0 Å². The van der Waals surface area contributed by atoms with Crippen molar-refractivity contribution in [3.8, 4) is 11.1 Å². The molecule has 2 aromatic rings. The lowest BCUT2D eigenvalue weighted by molar-refractivity contribution is 0.294. The minimum absolute atomic E-state index is 0.705. The Morgan fingerprint density at radius 1 is 1.17 bits per heavy atom. The summed E-state index contributed by atoms with van der Waals surface area (Å²) < 4.78 is 31.4. The van der Waals surface area contributed by atoms with Crippen LogP contribution in [-0.4, -0.2) is 25.8 Å². The van der Waals surface area contributed by atoms with E-state index in [9.17, 15) is 8.42 Å². The van der Waals surface area contributed by atoms with Gasteiger partial charge in [0.15, 0.2) is 0 Å². The molecule has 0 unspecified atom stereocenters. The Morgan fingerprint density at radius 2 is 1.83 bits per heavy atom. The van der Waals surface area contributed by atoms with Crippen molar-refractivity contribution in [2.24, 2.45) is 0 Å². The van der Waals surface area contributed by atoms with E-state index in [0.717, 1.165) is 41.7 Å². The van der Waals surface area contributed by atoms with E-state index in [1.54, 1.807) is 13.3 Å². The number of hydrogen-bond donors (Lipinski definition) is 0. The van der Waals surface area contributed by atoms with Crippen molar-refractivity contribution in [1.29, 1.82) is 0 Å². The summed E-state index contributed by atoms with van der Waals surface area (Å²) >= 11 is 0. The molecule has 24 heavy (non-hydrogen) atoms. The highest BCUT2D eigenvalue weighted by atomic mass is 32.2. The number of methoxy groups -OCH3 is 1. The molecule has 2 rings (SSSR count). The Balaban J connectivity index is 2.75. The first kappa shape index (κ1) is 18.3. The van der Waals surface area contributed by atoms with Crippen LogP contribution in [-0.2, 0) is 14.8 Å². The largest absolute Gasteiger partial charge is 0.501 e. The highest BCUT2D eigenvalue weighted by molar-refractivity contribution is 7.89. The number of aromatic nitrogens is 1. The van der Waals surface area contributed by atoms with E-state index < -0.39 is 10.0 Å². The third kappa shape index (κ3) is 3.90. The second kappa shape index (κ2) is 7.71. The van der Waals surface area contributed by atoms with Gasteiger partial charge in [0.05, 0.1) is 24.8 Å². The van der Waals surface area contributed by atoms with E-state index in [-0.39, 0.29) is 0 Å². The van der Waals surface area contributed by atoms with Crippen LogP contribution in [0.25, 0.3) is 16.7 Å². The molecule has 130 valence electrons. The molecule has 0 aliphatic heterocycles. The summed E-state index contributed by atoms with van der Waals surface area (Å²) in [6.45, 7) is 4.01. The third-order valence-corrected chi connectivity index (χ3v) is 5.11. The number of nitrogens with zero attached hydrogens (tertiary/aromatic N) is 1. The Labute approximate surface area is 144 Å². The van der Waals surface area contributed by atoms with Gasteiger partial charge in [0.1, 0.15) is 0 Å². The maximum Gasteiger partial charge on any atom is 0.236 e. The topological polar surface area (TPSA) is 48.3 Å². The number of hydrogen-bond acceptors (Lipinski definition) is 3. The lowest BCUT2D eigenvalue weighted by atomic mass is 9.97. The number of ether oxygens (including phenoxy) is 1. The van der Waals surface area contributed by atoms with Crippen LogP contribution in [0.15, 0.2) is 48.4 Å². The third-order valence-electron chi connectivity index (χ3n) is 4.09. The van der Waals surface area contributed by atoms with E-state index in [1.165, 1.54) is 10.2 Å². The molecule has 0 radical (unpaired) electrons. The van der Waals surface area contributed by atoms with Gasteiger partial charge in [-0.2, -0.15) is 0 Å².